The molecule has 0 saturated carbocycles. The molecule has 0 unspecified atom stereocenters. The van der Waals surface area contributed by atoms with Gasteiger partial charge in [0.2, 0.25) is 5.91 Å². The molecule has 1 heterocycles. The third kappa shape index (κ3) is 6.52. The number of aryl methyl sites for hydroxylation is 1. The minimum Gasteiger partial charge on any atom is -0.496 e. The summed E-state index contributed by atoms with van der Waals surface area (Å²) in [5.74, 6) is 1.53. The number of nitrogens with zero attached hydrogens (tertiary/aromatic N) is 2. The highest BCUT2D eigenvalue weighted by Gasteiger charge is 2.10. The molecule has 1 N–H and O–H groups in total. The lowest BCUT2D eigenvalue weighted by atomic mass is 10.1. The van der Waals surface area contributed by atoms with Gasteiger partial charge in [-0.05, 0) is 47.9 Å². The predicted molar refractivity (Wildman–Crippen MR) is 139 cm³/mol. The van der Waals surface area contributed by atoms with Crippen LogP contribution in [-0.2, 0) is 17.9 Å². The number of hydrogen-bond donors (Lipinski definition) is 1. The van der Waals surface area contributed by atoms with Crippen molar-refractivity contribution in [3.63, 3.8) is 0 Å². The molecule has 4 rings (SSSR count). The zero-order chi connectivity index (χ0) is 24.6. The van der Waals surface area contributed by atoms with Crippen LogP contribution in [-0.4, -0.2) is 22.8 Å². The monoisotopic (exact) mass is 487 g/mol. The smallest absolute Gasteiger partial charge is 0.249 e. The molecule has 7 heteroatoms. The molecule has 0 saturated heterocycles. The summed E-state index contributed by atoms with van der Waals surface area (Å²) >= 11 is 6.27. The molecule has 0 radical (unpaired) electrons. The van der Waals surface area contributed by atoms with Crippen molar-refractivity contribution in [2.24, 2.45) is 0 Å². The van der Waals surface area contributed by atoms with Crippen LogP contribution in [0, 0.1) is 6.92 Å². The maximum Gasteiger partial charge on any atom is 0.249 e. The van der Waals surface area contributed by atoms with E-state index in [1.54, 1.807) is 24.1 Å². The quantitative estimate of drug-likeness (QED) is 0.288. The lowest BCUT2D eigenvalue weighted by molar-refractivity contribution is -0.111. The third-order valence-corrected chi connectivity index (χ3v) is 5.63. The Morgan fingerprint density at radius 3 is 2.60 bits per heavy atom. The normalized spacial score (nSPS) is 10.9. The second-order valence-corrected chi connectivity index (χ2v) is 8.36. The van der Waals surface area contributed by atoms with Gasteiger partial charge in [-0.2, -0.15) is 5.10 Å². The van der Waals surface area contributed by atoms with Gasteiger partial charge in [-0.1, -0.05) is 66.2 Å². The van der Waals surface area contributed by atoms with Crippen LogP contribution in [0.2, 0.25) is 5.02 Å². The van der Waals surface area contributed by atoms with Gasteiger partial charge in [-0.15, -0.1) is 0 Å². The molecular weight excluding hydrogens is 462 g/mol. The van der Waals surface area contributed by atoms with E-state index in [1.807, 2.05) is 79.7 Å². The Kier molecular flexibility index (Phi) is 7.85. The number of nitrogens with one attached hydrogen (secondary N) is 1. The minimum atomic E-state index is -0.328. The van der Waals surface area contributed by atoms with Gasteiger partial charge in [0.05, 0.1) is 13.7 Å². The van der Waals surface area contributed by atoms with E-state index < -0.39 is 0 Å². The molecular formula is C28H26ClN3O3. The minimum absolute atomic E-state index is 0.319. The first kappa shape index (κ1) is 24.1. The molecule has 178 valence electrons. The van der Waals surface area contributed by atoms with Crippen molar-refractivity contribution in [2.75, 3.05) is 12.4 Å². The maximum atomic E-state index is 12.5. The molecule has 0 atom stereocenters. The summed E-state index contributed by atoms with van der Waals surface area (Å²) in [6.45, 7) is 2.91. The summed E-state index contributed by atoms with van der Waals surface area (Å²) in [4.78, 5) is 12.5. The Bertz CT molecular complexity index is 1330. The van der Waals surface area contributed by atoms with E-state index in [0.29, 0.717) is 24.0 Å². The van der Waals surface area contributed by atoms with Crippen molar-refractivity contribution in [3.05, 3.63) is 112 Å². The third-order valence-electron chi connectivity index (χ3n) is 5.35. The number of anilines is 1. The van der Waals surface area contributed by atoms with Gasteiger partial charge in [0.15, 0.2) is 5.82 Å². The van der Waals surface area contributed by atoms with Crippen LogP contribution in [0.5, 0.6) is 11.5 Å². The van der Waals surface area contributed by atoms with E-state index in [2.05, 4.69) is 10.4 Å². The van der Waals surface area contributed by atoms with Gasteiger partial charge in [-0.3, -0.25) is 9.48 Å². The molecule has 1 aromatic heterocycles. The van der Waals surface area contributed by atoms with Crippen LogP contribution < -0.4 is 14.8 Å². The zero-order valence-corrected chi connectivity index (χ0v) is 20.3. The molecule has 1 amide bonds. The Hall–Kier alpha value is -4.03. The average molecular weight is 488 g/mol. The number of carbonyl (C=O) groups excluding carboxylic acids is 1. The number of amides is 1. The molecule has 3 aromatic carbocycles. The zero-order valence-electron chi connectivity index (χ0n) is 19.6. The number of benzene rings is 3. The van der Waals surface area contributed by atoms with E-state index in [4.69, 9.17) is 21.1 Å². The highest BCUT2D eigenvalue weighted by molar-refractivity contribution is 6.33. The van der Waals surface area contributed by atoms with Gasteiger partial charge in [-0.25, -0.2) is 0 Å². The van der Waals surface area contributed by atoms with Crippen LogP contribution >= 0.6 is 11.6 Å². The van der Waals surface area contributed by atoms with Gasteiger partial charge in [0, 0.05) is 17.8 Å². The second kappa shape index (κ2) is 11.4. The van der Waals surface area contributed by atoms with Crippen LogP contribution in [0.1, 0.15) is 22.3 Å². The number of methoxy groups -OCH3 is 1. The van der Waals surface area contributed by atoms with Gasteiger partial charge < -0.3 is 14.8 Å². The molecule has 4 aromatic rings. The Morgan fingerprint density at radius 1 is 1.06 bits per heavy atom. The summed E-state index contributed by atoms with van der Waals surface area (Å²) in [6.07, 6.45) is 4.86. The Balaban J connectivity index is 1.40. The highest BCUT2D eigenvalue weighted by Crippen LogP contribution is 2.25. The van der Waals surface area contributed by atoms with Crippen LogP contribution in [0.4, 0.5) is 5.82 Å². The molecule has 6 nitrogen and oxygen atoms in total. The van der Waals surface area contributed by atoms with Gasteiger partial charge >= 0.3 is 0 Å². The van der Waals surface area contributed by atoms with Crippen molar-refractivity contribution < 1.29 is 14.3 Å². The Morgan fingerprint density at radius 2 is 1.83 bits per heavy atom. The predicted octanol–water partition coefficient (Wildman–Crippen LogP) is 6.13. The summed E-state index contributed by atoms with van der Waals surface area (Å²) in [5, 5.41) is 7.50. The lowest BCUT2D eigenvalue weighted by Crippen LogP contribution is -2.09. The van der Waals surface area contributed by atoms with Crippen molar-refractivity contribution in [1.82, 2.24) is 9.78 Å². The molecule has 0 aliphatic heterocycles. The maximum absolute atomic E-state index is 12.5. The number of hydrogen-bond acceptors (Lipinski definition) is 4. The Labute approximate surface area is 209 Å². The molecule has 0 spiro atoms. The largest absolute Gasteiger partial charge is 0.496 e. The number of para-hydroxylation sites is 1. The van der Waals surface area contributed by atoms with E-state index in [0.717, 1.165) is 33.8 Å². The summed E-state index contributed by atoms with van der Waals surface area (Å²) in [6, 6.07) is 23.4. The summed E-state index contributed by atoms with van der Waals surface area (Å²) in [7, 11) is 1.62. The number of carbonyl (C=O) groups is 1. The fourth-order valence-electron chi connectivity index (χ4n) is 3.55. The number of halogens is 1. The van der Waals surface area contributed by atoms with Crippen LogP contribution in [0.3, 0.4) is 0 Å². The van der Waals surface area contributed by atoms with Gasteiger partial charge in [0.25, 0.3) is 0 Å². The number of rotatable bonds is 9. The lowest BCUT2D eigenvalue weighted by Gasteiger charge is -2.12. The fraction of sp³-hybridized carbons (Fsp3) is 0.143. The van der Waals surface area contributed by atoms with Crippen molar-refractivity contribution in [1.29, 1.82) is 0 Å². The van der Waals surface area contributed by atoms with Crippen LogP contribution in [0.25, 0.3) is 6.08 Å². The molecule has 0 bridgehead atoms. The van der Waals surface area contributed by atoms with Crippen molar-refractivity contribution in [3.8, 4) is 11.5 Å². The first-order valence-corrected chi connectivity index (χ1v) is 11.5. The molecule has 0 aliphatic rings. The topological polar surface area (TPSA) is 65.4 Å². The van der Waals surface area contributed by atoms with E-state index in [-0.39, 0.29) is 5.91 Å². The van der Waals surface area contributed by atoms with Crippen molar-refractivity contribution >= 4 is 29.4 Å². The van der Waals surface area contributed by atoms with E-state index in [9.17, 15) is 4.79 Å². The van der Waals surface area contributed by atoms with Crippen LogP contribution in [0.15, 0.2) is 85.1 Å². The second-order valence-electron chi connectivity index (χ2n) is 7.96. The number of ether oxygens (including phenoxy) is 2. The van der Waals surface area contributed by atoms with Gasteiger partial charge in [0.1, 0.15) is 23.1 Å². The van der Waals surface area contributed by atoms with E-state index in [1.165, 1.54) is 6.08 Å². The molecule has 0 aliphatic carbocycles. The first-order chi connectivity index (χ1) is 17.0. The fourth-order valence-corrected chi connectivity index (χ4v) is 3.75. The highest BCUT2D eigenvalue weighted by atomic mass is 35.5. The molecule has 35 heavy (non-hydrogen) atoms. The molecule has 0 fully saturated rings. The van der Waals surface area contributed by atoms with E-state index >= 15 is 0 Å². The standard InChI is InChI=1S/C28H26ClN3O3/c1-20-8-6-7-11-25(20)35-19-23-16-21(12-14-26(23)34-2)13-15-27(33)30-28-24(29)18-32(31-28)17-22-9-4-3-5-10-22/h3-16,18H,17,19H2,1-2H3,(H,30,31,33)/b15-13+. The first-order valence-electron chi connectivity index (χ1n) is 11.1. The summed E-state index contributed by atoms with van der Waals surface area (Å²) < 4.78 is 13.1. The SMILES string of the molecule is COc1ccc(/C=C/C(=O)Nc2nn(Cc3ccccc3)cc2Cl)cc1COc1ccccc1C. The number of aromatic nitrogens is 2. The van der Waals surface area contributed by atoms with Crippen molar-refractivity contribution in [2.45, 2.75) is 20.1 Å². The average Bonchev–Trinajstić information content (AvgIpc) is 3.20. The summed E-state index contributed by atoms with van der Waals surface area (Å²) in [5.41, 5.74) is 3.86.